The largest absolute Gasteiger partial charge is 0.393 e. The number of thiocarbonyl (C=S) groups is 1. The third-order valence-corrected chi connectivity index (χ3v) is 4.87. The molecule has 4 heteroatoms. The highest BCUT2D eigenvalue weighted by atomic mass is 32.1. The van der Waals surface area contributed by atoms with E-state index < -0.39 is 6.10 Å². The van der Waals surface area contributed by atoms with E-state index in [1.54, 1.807) is 25.1 Å². The topological polar surface area (TPSA) is 57.5 Å². The van der Waals surface area contributed by atoms with Crippen molar-refractivity contribution in [3.8, 4) is 0 Å². The minimum Gasteiger partial charge on any atom is -0.393 e. The van der Waals surface area contributed by atoms with Crippen molar-refractivity contribution in [3.05, 3.63) is 70.3 Å². The molecule has 1 aliphatic rings. The number of hydrogen-bond acceptors (Lipinski definition) is 4. The summed E-state index contributed by atoms with van der Waals surface area (Å²) in [6.07, 6.45) is 0.795. The fraction of sp³-hybridized carbons (Fsp3) is 0.300. The Kier molecular flexibility index (Phi) is 4.90. The lowest BCUT2D eigenvalue weighted by Gasteiger charge is -2.24. The second kappa shape index (κ2) is 6.93. The van der Waals surface area contributed by atoms with Crippen LogP contribution in [0.5, 0.6) is 0 Å². The first kappa shape index (κ1) is 17.0. The Labute approximate surface area is 147 Å². The van der Waals surface area contributed by atoms with E-state index in [0.717, 1.165) is 5.56 Å². The molecule has 0 saturated heterocycles. The first-order valence-electron chi connectivity index (χ1n) is 8.18. The molecule has 0 radical (unpaired) electrons. The van der Waals surface area contributed by atoms with Gasteiger partial charge < -0.3 is 10.2 Å². The Morgan fingerprint density at radius 2 is 1.62 bits per heavy atom. The molecule has 0 heterocycles. The molecule has 0 fully saturated rings. The number of fused-ring (bicyclic) bond motifs is 2. The molecule has 2 N–H and O–H groups in total. The van der Waals surface area contributed by atoms with Crippen LogP contribution in [-0.4, -0.2) is 27.0 Å². The Morgan fingerprint density at radius 3 is 2.33 bits per heavy atom. The monoisotopic (exact) mass is 340 g/mol. The normalized spacial score (nSPS) is 15.6. The molecule has 2 unspecified atom stereocenters. The van der Waals surface area contributed by atoms with Gasteiger partial charge in [-0.15, -0.1) is 0 Å². The molecule has 3 rings (SSSR count). The van der Waals surface area contributed by atoms with Crippen LogP contribution in [0.2, 0.25) is 0 Å². The predicted molar refractivity (Wildman–Crippen MR) is 97.6 cm³/mol. The SMILES string of the molecule is CC(O)CCCC(O)c1cccc2c1C(=S)c1ccccc1C2=O. The van der Waals surface area contributed by atoms with Crippen LogP contribution in [0.25, 0.3) is 0 Å². The third kappa shape index (κ3) is 3.05. The van der Waals surface area contributed by atoms with Crippen LogP contribution in [0.4, 0.5) is 0 Å². The maximum absolute atomic E-state index is 12.8. The molecule has 1 aliphatic carbocycles. The van der Waals surface area contributed by atoms with Crippen LogP contribution in [0.15, 0.2) is 42.5 Å². The smallest absolute Gasteiger partial charge is 0.194 e. The molecule has 0 saturated carbocycles. The lowest BCUT2D eigenvalue weighted by atomic mass is 9.81. The first-order chi connectivity index (χ1) is 11.5. The molecule has 0 aromatic heterocycles. The van der Waals surface area contributed by atoms with Gasteiger partial charge in [0.15, 0.2) is 5.78 Å². The number of rotatable bonds is 5. The van der Waals surface area contributed by atoms with Gasteiger partial charge in [-0.25, -0.2) is 0 Å². The molecular formula is C20H20O3S. The summed E-state index contributed by atoms with van der Waals surface area (Å²) in [7, 11) is 0. The summed E-state index contributed by atoms with van der Waals surface area (Å²) < 4.78 is 0. The highest BCUT2D eigenvalue weighted by Gasteiger charge is 2.30. The molecule has 0 bridgehead atoms. The molecular weight excluding hydrogens is 320 g/mol. The van der Waals surface area contributed by atoms with Gasteiger partial charge in [0, 0.05) is 22.3 Å². The zero-order chi connectivity index (χ0) is 17.3. The van der Waals surface area contributed by atoms with E-state index in [1.807, 2.05) is 24.3 Å². The summed E-state index contributed by atoms with van der Waals surface area (Å²) in [6.45, 7) is 1.74. The second-order valence-corrected chi connectivity index (χ2v) is 6.68. The number of carbonyl (C=O) groups excluding carboxylic acids is 1. The summed E-state index contributed by atoms with van der Waals surface area (Å²) in [6, 6.07) is 12.7. The van der Waals surface area contributed by atoms with Gasteiger partial charge in [-0.1, -0.05) is 54.7 Å². The van der Waals surface area contributed by atoms with Crippen molar-refractivity contribution in [2.24, 2.45) is 0 Å². The van der Waals surface area contributed by atoms with Crippen molar-refractivity contribution in [3.63, 3.8) is 0 Å². The van der Waals surface area contributed by atoms with Gasteiger partial charge in [-0.05, 0) is 31.7 Å². The number of hydrogen-bond donors (Lipinski definition) is 2. The van der Waals surface area contributed by atoms with E-state index in [4.69, 9.17) is 12.2 Å². The average Bonchev–Trinajstić information content (AvgIpc) is 2.58. The molecule has 2 atom stereocenters. The minimum atomic E-state index is -0.699. The highest BCUT2D eigenvalue weighted by Crippen LogP contribution is 2.34. The van der Waals surface area contributed by atoms with Gasteiger partial charge in [-0.2, -0.15) is 0 Å². The molecule has 0 amide bonds. The van der Waals surface area contributed by atoms with Crippen molar-refractivity contribution in [2.45, 2.75) is 38.4 Å². The maximum Gasteiger partial charge on any atom is 0.194 e. The van der Waals surface area contributed by atoms with Gasteiger partial charge in [-0.3, -0.25) is 4.79 Å². The van der Waals surface area contributed by atoms with Crippen molar-refractivity contribution < 1.29 is 15.0 Å². The van der Waals surface area contributed by atoms with E-state index in [0.29, 0.717) is 46.4 Å². The Hall–Kier alpha value is -1.88. The maximum atomic E-state index is 12.8. The molecule has 24 heavy (non-hydrogen) atoms. The standard InChI is InChI=1S/C20H20O3S/c1-12(21)6-4-11-17(22)15-9-5-10-16-18(15)20(24)14-8-3-2-7-13(14)19(16)23/h2-3,5,7-10,12,17,21-22H,4,6,11H2,1H3. The van der Waals surface area contributed by atoms with Crippen molar-refractivity contribution in [1.29, 1.82) is 0 Å². The van der Waals surface area contributed by atoms with Gasteiger partial charge in [0.1, 0.15) is 0 Å². The molecule has 0 spiro atoms. The molecule has 124 valence electrons. The molecule has 2 aromatic rings. The van der Waals surface area contributed by atoms with Gasteiger partial charge in [0.25, 0.3) is 0 Å². The molecule has 3 nitrogen and oxygen atoms in total. The third-order valence-electron chi connectivity index (χ3n) is 4.44. The van der Waals surface area contributed by atoms with E-state index in [-0.39, 0.29) is 11.9 Å². The number of carbonyl (C=O) groups is 1. The fourth-order valence-corrected chi connectivity index (χ4v) is 3.62. The zero-order valence-electron chi connectivity index (χ0n) is 13.5. The van der Waals surface area contributed by atoms with E-state index in [9.17, 15) is 15.0 Å². The van der Waals surface area contributed by atoms with E-state index in [1.165, 1.54) is 0 Å². The number of aliphatic hydroxyl groups excluding tert-OH is 2. The second-order valence-electron chi connectivity index (χ2n) is 6.27. The summed E-state index contributed by atoms with van der Waals surface area (Å²) >= 11 is 5.63. The van der Waals surface area contributed by atoms with E-state index in [2.05, 4.69) is 0 Å². The summed E-state index contributed by atoms with van der Waals surface area (Å²) in [5.74, 6) is -0.0489. The number of ketones is 1. The summed E-state index contributed by atoms with van der Waals surface area (Å²) in [5.41, 5.74) is 3.32. The number of aliphatic hydroxyl groups is 2. The highest BCUT2D eigenvalue weighted by molar-refractivity contribution is 7.81. The van der Waals surface area contributed by atoms with Crippen LogP contribution >= 0.6 is 12.2 Å². The number of benzene rings is 2. The lowest BCUT2D eigenvalue weighted by molar-refractivity contribution is 0.103. The van der Waals surface area contributed by atoms with Gasteiger partial charge in [0.2, 0.25) is 0 Å². The quantitative estimate of drug-likeness (QED) is 0.697. The fourth-order valence-electron chi connectivity index (χ4n) is 3.21. The Morgan fingerprint density at radius 1 is 0.958 bits per heavy atom. The first-order valence-corrected chi connectivity index (χ1v) is 8.59. The lowest BCUT2D eigenvalue weighted by Crippen LogP contribution is -2.22. The minimum absolute atomic E-state index is 0.0489. The van der Waals surface area contributed by atoms with Crippen LogP contribution in [0.1, 0.15) is 64.9 Å². The summed E-state index contributed by atoms with van der Waals surface area (Å²) in [4.78, 5) is 13.4. The zero-order valence-corrected chi connectivity index (χ0v) is 14.3. The average molecular weight is 340 g/mol. The van der Waals surface area contributed by atoms with Crippen molar-refractivity contribution in [2.75, 3.05) is 0 Å². The van der Waals surface area contributed by atoms with Crippen LogP contribution in [0, 0.1) is 0 Å². The predicted octanol–water partition coefficient (Wildman–Crippen LogP) is 3.58. The van der Waals surface area contributed by atoms with Gasteiger partial charge >= 0.3 is 0 Å². The summed E-state index contributed by atoms with van der Waals surface area (Å²) in [5, 5.41) is 20.0. The van der Waals surface area contributed by atoms with Gasteiger partial charge in [0.05, 0.1) is 17.1 Å². The Bertz CT molecular complexity index is 795. The molecule has 0 aliphatic heterocycles. The van der Waals surface area contributed by atoms with Crippen LogP contribution < -0.4 is 0 Å². The van der Waals surface area contributed by atoms with Crippen LogP contribution in [0.3, 0.4) is 0 Å². The van der Waals surface area contributed by atoms with Crippen LogP contribution in [-0.2, 0) is 0 Å². The Balaban J connectivity index is 1.98. The molecule has 2 aromatic carbocycles. The van der Waals surface area contributed by atoms with Crippen molar-refractivity contribution >= 4 is 22.9 Å². The van der Waals surface area contributed by atoms with Crippen molar-refractivity contribution in [1.82, 2.24) is 0 Å². The van der Waals surface area contributed by atoms with E-state index >= 15 is 0 Å².